The molecule has 0 spiro atoms. The summed E-state index contributed by atoms with van der Waals surface area (Å²) >= 11 is 1.26. The maximum Gasteiger partial charge on any atom is 0.350 e. The van der Waals surface area contributed by atoms with E-state index in [0.29, 0.717) is 23.6 Å². The molecule has 112 valence electrons. The maximum atomic E-state index is 13.6. The summed E-state index contributed by atoms with van der Waals surface area (Å²) in [6.07, 6.45) is 0.673. The zero-order valence-corrected chi connectivity index (χ0v) is 13.1. The lowest BCUT2D eigenvalue weighted by atomic mass is 10.0. The fourth-order valence-corrected chi connectivity index (χ4v) is 3.47. The molecule has 0 unspecified atom stereocenters. The summed E-state index contributed by atoms with van der Waals surface area (Å²) in [6, 6.07) is 4.83. The number of aryl methyl sites for hydroxylation is 1. The number of rotatable bonds is 4. The minimum absolute atomic E-state index is 0.295. The summed E-state index contributed by atoms with van der Waals surface area (Å²) in [6.45, 7) is 5.84. The van der Waals surface area contributed by atoms with Gasteiger partial charge in [0.05, 0.1) is 12.3 Å². The predicted molar refractivity (Wildman–Crippen MR) is 84.2 cm³/mol. The van der Waals surface area contributed by atoms with Crippen molar-refractivity contribution >= 4 is 23.0 Å². The van der Waals surface area contributed by atoms with E-state index < -0.39 is 5.97 Å². The highest BCUT2D eigenvalue weighted by Gasteiger charge is 2.22. The van der Waals surface area contributed by atoms with Crippen LogP contribution in [-0.2, 0) is 11.2 Å². The van der Waals surface area contributed by atoms with Gasteiger partial charge in [0.1, 0.15) is 10.7 Å². The van der Waals surface area contributed by atoms with Crippen LogP contribution in [0.5, 0.6) is 0 Å². The van der Waals surface area contributed by atoms with Crippen LogP contribution in [0.25, 0.3) is 10.4 Å². The molecule has 0 radical (unpaired) electrons. The van der Waals surface area contributed by atoms with Gasteiger partial charge in [0.15, 0.2) is 0 Å². The summed E-state index contributed by atoms with van der Waals surface area (Å²) in [5.74, 6) is -0.717. The Morgan fingerprint density at radius 3 is 2.62 bits per heavy atom. The SMILES string of the molecule is CCOC(=O)c1sc(-c2cc(C)cc(F)c2)c(CC)c1N. The Bertz CT molecular complexity index is 659. The third-order valence-corrected chi connectivity index (χ3v) is 4.44. The van der Waals surface area contributed by atoms with E-state index in [4.69, 9.17) is 10.5 Å². The van der Waals surface area contributed by atoms with Crippen molar-refractivity contribution in [2.24, 2.45) is 0 Å². The highest BCUT2D eigenvalue weighted by molar-refractivity contribution is 7.18. The normalized spacial score (nSPS) is 10.7. The minimum atomic E-state index is -0.422. The topological polar surface area (TPSA) is 52.3 Å². The van der Waals surface area contributed by atoms with E-state index >= 15 is 0 Å². The third kappa shape index (κ3) is 3.08. The second kappa shape index (κ2) is 6.26. The lowest BCUT2D eigenvalue weighted by molar-refractivity contribution is 0.0533. The molecule has 0 saturated carbocycles. The van der Waals surface area contributed by atoms with E-state index in [2.05, 4.69) is 0 Å². The average Bonchev–Trinajstić information content (AvgIpc) is 2.75. The Morgan fingerprint density at radius 1 is 1.33 bits per heavy atom. The van der Waals surface area contributed by atoms with Crippen molar-refractivity contribution in [1.29, 1.82) is 0 Å². The molecule has 0 saturated heterocycles. The monoisotopic (exact) mass is 307 g/mol. The fraction of sp³-hybridized carbons (Fsp3) is 0.312. The van der Waals surface area contributed by atoms with Gasteiger partial charge in [-0.05, 0) is 49.1 Å². The van der Waals surface area contributed by atoms with E-state index in [-0.39, 0.29) is 5.82 Å². The molecule has 2 N–H and O–H groups in total. The van der Waals surface area contributed by atoms with Gasteiger partial charge in [-0.25, -0.2) is 9.18 Å². The summed E-state index contributed by atoms with van der Waals surface area (Å²) < 4.78 is 18.6. The highest BCUT2D eigenvalue weighted by atomic mass is 32.1. The van der Waals surface area contributed by atoms with Crippen LogP contribution in [0.15, 0.2) is 18.2 Å². The number of ether oxygens (including phenoxy) is 1. The molecular weight excluding hydrogens is 289 g/mol. The molecule has 2 aromatic rings. The van der Waals surface area contributed by atoms with Gasteiger partial charge in [-0.15, -0.1) is 11.3 Å². The Hall–Kier alpha value is -1.88. The smallest absolute Gasteiger partial charge is 0.350 e. The third-order valence-electron chi connectivity index (χ3n) is 3.17. The van der Waals surface area contributed by atoms with Crippen LogP contribution in [-0.4, -0.2) is 12.6 Å². The number of esters is 1. The molecule has 0 bridgehead atoms. The van der Waals surface area contributed by atoms with Gasteiger partial charge < -0.3 is 10.5 Å². The van der Waals surface area contributed by atoms with Crippen molar-refractivity contribution in [3.63, 3.8) is 0 Å². The Labute approximate surface area is 127 Å². The summed E-state index contributed by atoms with van der Waals surface area (Å²) in [5.41, 5.74) is 8.96. The summed E-state index contributed by atoms with van der Waals surface area (Å²) in [5, 5.41) is 0. The number of hydrogen-bond donors (Lipinski definition) is 1. The Morgan fingerprint density at radius 2 is 2.05 bits per heavy atom. The molecule has 0 aliphatic heterocycles. The van der Waals surface area contributed by atoms with Crippen molar-refractivity contribution in [2.45, 2.75) is 27.2 Å². The van der Waals surface area contributed by atoms with E-state index in [1.807, 2.05) is 19.9 Å². The fourth-order valence-electron chi connectivity index (χ4n) is 2.28. The van der Waals surface area contributed by atoms with Gasteiger partial charge in [0.25, 0.3) is 0 Å². The molecule has 0 atom stereocenters. The van der Waals surface area contributed by atoms with Gasteiger partial charge in [0.2, 0.25) is 0 Å². The second-order valence-electron chi connectivity index (χ2n) is 4.74. The van der Waals surface area contributed by atoms with Crippen LogP contribution in [0, 0.1) is 12.7 Å². The first-order chi connectivity index (χ1) is 9.97. The number of anilines is 1. The largest absolute Gasteiger partial charge is 0.462 e. The van der Waals surface area contributed by atoms with Crippen LogP contribution in [0.1, 0.15) is 34.6 Å². The molecule has 21 heavy (non-hydrogen) atoms. The number of hydrogen-bond acceptors (Lipinski definition) is 4. The zero-order valence-electron chi connectivity index (χ0n) is 12.3. The molecule has 3 nitrogen and oxygen atoms in total. The van der Waals surface area contributed by atoms with Crippen molar-refractivity contribution in [3.8, 4) is 10.4 Å². The number of halogens is 1. The number of nitrogen functional groups attached to an aromatic ring is 1. The molecule has 0 fully saturated rings. The maximum absolute atomic E-state index is 13.6. The number of thiophene rings is 1. The number of carbonyl (C=O) groups excluding carboxylic acids is 1. The van der Waals surface area contributed by atoms with Crippen LogP contribution < -0.4 is 5.73 Å². The van der Waals surface area contributed by atoms with E-state index in [1.165, 1.54) is 23.5 Å². The second-order valence-corrected chi connectivity index (χ2v) is 5.76. The molecule has 0 amide bonds. The van der Waals surface area contributed by atoms with Crippen molar-refractivity contribution in [2.75, 3.05) is 12.3 Å². The zero-order chi connectivity index (χ0) is 15.6. The van der Waals surface area contributed by atoms with Crippen molar-refractivity contribution in [3.05, 3.63) is 40.0 Å². The average molecular weight is 307 g/mol. The Kier molecular flexibility index (Phi) is 4.63. The lowest BCUT2D eigenvalue weighted by Gasteiger charge is -2.04. The molecule has 2 rings (SSSR count). The summed E-state index contributed by atoms with van der Waals surface area (Å²) in [4.78, 5) is 13.2. The Balaban J connectivity index is 2.58. The standard InChI is InChI=1S/C16H18FNO2S/c1-4-12-13(18)15(16(19)20-5-2)21-14(12)10-6-9(3)7-11(17)8-10/h6-8H,4-5,18H2,1-3H3. The van der Waals surface area contributed by atoms with E-state index in [0.717, 1.165) is 21.6 Å². The van der Waals surface area contributed by atoms with Gasteiger partial charge in [-0.2, -0.15) is 0 Å². The predicted octanol–water partition coefficient (Wildman–Crippen LogP) is 4.18. The van der Waals surface area contributed by atoms with Gasteiger partial charge in [-0.3, -0.25) is 0 Å². The van der Waals surface area contributed by atoms with Crippen molar-refractivity contribution < 1.29 is 13.9 Å². The van der Waals surface area contributed by atoms with E-state index in [9.17, 15) is 9.18 Å². The molecule has 1 aromatic heterocycles. The molecular formula is C16H18FNO2S. The number of benzene rings is 1. The van der Waals surface area contributed by atoms with Crippen LogP contribution in [0.4, 0.5) is 10.1 Å². The lowest BCUT2D eigenvalue weighted by Crippen LogP contribution is -2.05. The van der Waals surface area contributed by atoms with Gasteiger partial charge in [0, 0.05) is 4.88 Å². The quantitative estimate of drug-likeness (QED) is 0.862. The molecule has 0 aliphatic carbocycles. The van der Waals surface area contributed by atoms with E-state index in [1.54, 1.807) is 6.92 Å². The van der Waals surface area contributed by atoms with Crippen molar-refractivity contribution in [1.82, 2.24) is 0 Å². The number of nitrogens with two attached hydrogens (primary N) is 1. The van der Waals surface area contributed by atoms with Gasteiger partial charge >= 0.3 is 5.97 Å². The highest BCUT2D eigenvalue weighted by Crippen LogP contribution is 2.39. The molecule has 1 heterocycles. The van der Waals surface area contributed by atoms with Crippen LogP contribution in [0.3, 0.4) is 0 Å². The van der Waals surface area contributed by atoms with Crippen LogP contribution in [0.2, 0.25) is 0 Å². The first-order valence-electron chi connectivity index (χ1n) is 6.83. The first kappa shape index (κ1) is 15.5. The first-order valence-corrected chi connectivity index (χ1v) is 7.65. The number of carbonyl (C=O) groups is 1. The minimum Gasteiger partial charge on any atom is -0.462 e. The van der Waals surface area contributed by atoms with Gasteiger partial charge in [-0.1, -0.05) is 13.0 Å². The summed E-state index contributed by atoms with van der Waals surface area (Å²) in [7, 11) is 0. The molecule has 0 aliphatic rings. The van der Waals surface area contributed by atoms with Crippen LogP contribution >= 0.6 is 11.3 Å². The molecule has 5 heteroatoms. The molecule has 1 aromatic carbocycles.